The molecule has 0 atom stereocenters. The van der Waals surface area contributed by atoms with Gasteiger partial charge in [0.15, 0.2) is 11.2 Å². The minimum atomic E-state index is -0.468. The van der Waals surface area contributed by atoms with E-state index < -0.39 is 5.82 Å². The highest BCUT2D eigenvalue weighted by atomic mass is 19.1. The molecule has 0 saturated carbocycles. The number of nitrogens with zero attached hydrogens (tertiary/aromatic N) is 3. The zero-order chi connectivity index (χ0) is 39.7. The maximum absolute atomic E-state index is 13.7. The number of aryl methyl sites for hydroxylation is 1. The summed E-state index contributed by atoms with van der Waals surface area (Å²) in [4.78, 5) is 25.9. The molecule has 0 spiro atoms. The second kappa shape index (κ2) is 17.8. The van der Waals surface area contributed by atoms with Crippen molar-refractivity contribution in [3.05, 3.63) is 171 Å². The summed E-state index contributed by atoms with van der Waals surface area (Å²) < 4.78 is 51.0. The van der Waals surface area contributed by atoms with Gasteiger partial charge in [0.2, 0.25) is 11.2 Å². The van der Waals surface area contributed by atoms with Gasteiger partial charge in [-0.2, -0.15) is 0 Å². The molecule has 0 N–H and O–H groups in total. The lowest BCUT2D eigenvalue weighted by Crippen LogP contribution is -2.12. The topological polar surface area (TPSA) is 128 Å². The smallest absolute Gasteiger partial charge is 0.235 e. The summed E-state index contributed by atoms with van der Waals surface area (Å²) in [6.07, 6.45) is 3.33. The lowest BCUT2D eigenvalue weighted by molar-refractivity contribution is 0.0923. The van der Waals surface area contributed by atoms with Crippen molar-refractivity contribution >= 4 is 21.9 Å². The Hall–Kier alpha value is -7.05. The summed E-state index contributed by atoms with van der Waals surface area (Å²) in [5.41, 5.74) is 3.40. The fraction of sp³-hybridized carbons (Fsp3) is 0.174. The molecule has 5 aromatic carbocycles. The second-order valence-electron chi connectivity index (χ2n) is 13.4. The van der Waals surface area contributed by atoms with Gasteiger partial charge >= 0.3 is 0 Å². The van der Waals surface area contributed by atoms with Crippen LogP contribution in [-0.2, 0) is 24.3 Å². The molecule has 3 aromatic heterocycles. The van der Waals surface area contributed by atoms with Gasteiger partial charge < -0.3 is 27.8 Å². The predicted octanol–water partition coefficient (Wildman–Crippen LogP) is 8.65. The van der Waals surface area contributed by atoms with Gasteiger partial charge in [-0.05, 0) is 91.2 Å². The highest BCUT2D eigenvalue weighted by Gasteiger charge is 2.18. The molecule has 0 bridgehead atoms. The predicted molar refractivity (Wildman–Crippen MR) is 217 cm³/mol. The molecular formula is C46H38FN3O8. The van der Waals surface area contributed by atoms with Gasteiger partial charge in [0, 0.05) is 29.5 Å². The van der Waals surface area contributed by atoms with Crippen molar-refractivity contribution in [2.24, 2.45) is 0 Å². The van der Waals surface area contributed by atoms with E-state index in [1.165, 1.54) is 24.3 Å². The first-order valence-electron chi connectivity index (χ1n) is 18.9. The van der Waals surface area contributed by atoms with Crippen LogP contribution in [0.1, 0.15) is 17.7 Å². The zero-order valence-electron chi connectivity index (χ0n) is 31.3. The third kappa shape index (κ3) is 9.14. The number of rotatable bonds is 17. The first kappa shape index (κ1) is 37.9. The number of benzene rings is 5. The monoisotopic (exact) mass is 779 g/mol. The van der Waals surface area contributed by atoms with Crippen molar-refractivity contribution in [1.82, 2.24) is 15.0 Å². The fourth-order valence-corrected chi connectivity index (χ4v) is 6.35. The lowest BCUT2D eigenvalue weighted by atomic mass is 10.1. The molecule has 12 heteroatoms. The summed E-state index contributed by atoms with van der Waals surface area (Å²) in [5, 5.41) is 9.25. The minimum absolute atomic E-state index is 0.163. The number of para-hydroxylation sites is 1. The van der Waals surface area contributed by atoms with Crippen molar-refractivity contribution in [3.63, 3.8) is 0 Å². The van der Waals surface area contributed by atoms with Crippen LogP contribution in [0, 0.1) is 5.82 Å². The first-order chi connectivity index (χ1) is 28.5. The molecule has 0 saturated heterocycles. The standard InChI is InChI=1S/C46H38FN3O8/c47-34-16-21-38-40(51)28-42(57-43(38)27-34)32-12-17-36(18-13-32)54-23-6-9-35-29-50(49-48-35)22-24-53-25-26-55-37-19-14-33(15-20-37)45-46(56-30-31-7-2-1-3-8-31)44(52)39-10-4-5-11-41(39)58-45/h1-5,7-8,10-21,27-29H,6,9,22-26,30H2. The average molecular weight is 780 g/mol. The number of halogens is 1. The molecule has 0 radical (unpaired) electrons. The lowest BCUT2D eigenvalue weighted by Gasteiger charge is -2.12. The molecular weight excluding hydrogens is 742 g/mol. The summed E-state index contributed by atoms with van der Waals surface area (Å²) in [7, 11) is 0. The number of aromatic nitrogens is 3. The molecule has 292 valence electrons. The molecule has 0 fully saturated rings. The van der Waals surface area contributed by atoms with Gasteiger partial charge in [-0.1, -0.05) is 47.7 Å². The second-order valence-corrected chi connectivity index (χ2v) is 13.4. The normalized spacial score (nSPS) is 11.3. The third-order valence-electron chi connectivity index (χ3n) is 9.32. The van der Waals surface area contributed by atoms with E-state index in [-0.39, 0.29) is 28.8 Å². The molecule has 0 unspecified atom stereocenters. The summed E-state index contributed by atoms with van der Waals surface area (Å²) in [6, 6.07) is 36.6. The van der Waals surface area contributed by atoms with Gasteiger partial charge in [0.25, 0.3) is 0 Å². The summed E-state index contributed by atoms with van der Waals surface area (Å²) in [6.45, 7) is 2.43. The molecule has 0 amide bonds. The van der Waals surface area contributed by atoms with E-state index in [0.717, 1.165) is 17.7 Å². The Morgan fingerprint density at radius 1 is 0.655 bits per heavy atom. The molecule has 0 aliphatic carbocycles. The van der Waals surface area contributed by atoms with E-state index in [4.69, 9.17) is 27.8 Å². The summed E-state index contributed by atoms with van der Waals surface area (Å²) >= 11 is 0. The molecule has 8 rings (SSSR count). The number of hydrogen-bond donors (Lipinski definition) is 0. The van der Waals surface area contributed by atoms with Crippen molar-refractivity contribution < 1.29 is 32.2 Å². The Kier molecular flexibility index (Phi) is 11.6. The average Bonchev–Trinajstić information content (AvgIpc) is 3.71. The van der Waals surface area contributed by atoms with Crippen LogP contribution >= 0.6 is 0 Å². The summed E-state index contributed by atoms with van der Waals surface area (Å²) in [5.74, 6) is 1.74. The van der Waals surface area contributed by atoms with Crippen molar-refractivity contribution in [3.8, 4) is 39.9 Å². The van der Waals surface area contributed by atoms with Crippen LogP contribution in [0.25, 0.3) is 44.6 Å². The fourth-order valence-electron chi connectivity index (χ4n) is 6.35. The Bertz CT molecular complexity index is 2750. The molecule has 8 aromatic rings. The van der Waals surface area contributed by atoms with Crippen LogP contribution in [0.15, 0.2) is 152 Å². The quantitative estimate of drug-likeness (QED) is 0.0829. The highest BCUT2D eigenvalue weighted by Crippen LogP contribution is 2.32. The van der Waals surface area contributed by atoms with Gasteiger partial charge in [-0.25, -0.2) is 9.07 Å². The van der Waals surface area contributed by atoms with Crippen LogP contribution < -0.4 is 25.1 Å². The maximum atomic E-state index is 13.7. The largest absolute Gasteiger partial charge is 0.494 e. The van der Waals surface area contributed by atoms with Gasteiger partial charge in [0.05, 0.1) is 42.8 Å². The highest BCUT2D eigenvalue weighted by molar-refractivity contribution is 5.82. The molecule has 11 nitrogen and oxygen atoms in total. The third-order valence-corrected chi connectivity index (χ3v) is 9.32. The van der Waals surface area contributed by atoms with Crippen LogP contribution in [0.4, 0.5) is 4.39 Å². The maximum Gasteiger partial charge on any atom is 0.235 e. The zero-order valence-corrected chi connectivity index (χ0v) is 31.3. The van der Waals surface area contributed by atoms with Gasteiger partial charge in [-0.15, -0.1) is 5.10 Å². The number of hydrogen-bond acceptors (Lipinski definition) is 10. The Balaban J connectivity index is 0.753. The molecule has 58 heavy (non-hydrogen) atoms. The van der Waals surface area contributed by atoms with Crippen LogP contribution in [-0.4, -0.2) is 41.4 Å². The molecule has 0 aliphatic rings. The van der Waals surface area contributed by atoms with E-state index in [1.54, 1.807) is 47.1 Å². The van der Waals surface area contributed by atoms with Gasteiger partial charge in [-0.3, -0.25) is 9.59 Å². The van der Waals surface area contributed by atoms with E-state index in [0.29, 0.717) is 89.9 Å². The number of fused-ring (bicyclic) bond motifs is 2. The van der Waals surface area contributed by atoms with E-state index in [2.05, 4.69) is 10.3 Å². The Labute approximate surface area is 331 Å². The molecule has 0 aliphatic heterocycles. The first-order valence-corrected chi connectivity index (χ1v) is 18.9. The van der Waals surface area contributed by atoms with Crippen molar-refractivity contribution in [1.29, 1.82) is 0 Å². The van der Waals surface area contributed by atoms with Gasteiger partial charge in [0.1, 0.15) is 47.5 Å². The van der Waals surface area contributed by atoms with E-state index >= 15 is 0 Å². The van der Waals surface area contributed by atoms with E-state index in [9.17, 15) is 14.0 Å². The number of ether oxygens (including phenoxy) is 4. The van der Waals surface area contributed by atoms with Crippen LogP contribution in [0.2, 0.25) is 0 Å². The van der Waals surface area contributed by atoms with Crippen molar-refractivity contribution in [2.75, 3.05) is 26.4 Å². The SMILES string of the molecule is O=c1cc(-c2ccc(OCCCc3cn(CCOCCOc4ccc(-c5oc6ccccc6c(=O)c5OCc5ccccc5)cc4)nn3)cc2)oc2cc(F)ccc12. The van der Waals surface area contributed by atoms with Crippen LogP contribution in [0.5, 0.6) is 17.2 Å². The minimum Gasteiger partial charge on any atom is -0.494 e. The van der Waals surface area contributed by atoms with Crippen LogP contribution in [0.3, 0.4) is 0 Å². The van der Waals surface area contributed by atoms with E-state index in [1.807, 2.05) is 66.9 Å². The Morgan fingerprint density at radius 2 is 1.40 bits per heavy atom. The Morgan fingerprint density at radius 3 is 2.21 bits per heavy atom. The molecule has 3 heterocycles. The van der Waals surface area contributed by atoms with Crippen molar-refractivity contribution in [2.45, 2.75) is 26.0 Å².